The van der Waals surface area contributed by atoms with E-state index in [1.807, 2.05) is 0 Å². The molecule has 1 saturated carbocycles. The highest BCUT2D eigenvalue weighted by atomic mass is 19.1. The monoisotopic (exact) mass is 600 g/mol. The topological polar surface area (TPSA) is 86.6 Å². The zero-order chi connectivity index (χ0) is 30.0. The van der Waals surface area contributed by atoms with Crippen molar-refractivity contribution < 1.29 is 18.6 Å². The van der Waals surface area contributed by atoms with Crippen LogP contribution in [0, 0.1) is 24.0 Å². The minimum Gasteiger partial charge on any atom is -0.508 e. The summed E-state index contributed by atoms with van der Waals surface area (Å²) >= 11 is 0. The van der Waals surface area contributed by atoms with Crippen LogP contribution in [0.5, 0.6) is 11.8 Å². The lowest BCUT2D eigenvalue weighted by Crippen LogP contribution is -2.51. The van der Waals surface area contributed by atoms with Crippen LogP contribution in [-0.2, 0) is 0 Å². The van der Waals surface area contributed by atoms with Crippen molar-refractivity contribution in [3.63, 3.8) is 0 Å². The summed E-state index contributed by atoms with van der Waals surface area (Å²) in [7, 11) is 0. The van der Waals surface area contributed by atoms with Crippen LogP contribution in [0.3, 0.4) is 0 Å². The van der Waals surface area contributed by atoms with E-state index in [0.29, 0.717) is 51.8 Å². The number of anilines is 1. The van der Waals surface area contributed by atoms with Gasteiger partial charge in [-0.3, -0.25) is 4.98 Å². The van der Waals surface area contributed by atoms with E-state index in [0.717, 1.165) is 58.4 Å². The normalized spacial score (nSPS) is 23.0. The molecule has 44 heavy (non-hydrogen) atoms. The molecule has 0 radical (unpaired) electrons. The maximum atomic E-state index is 16.7. The van der Waals surface area contributed by atoms with Gasteiger partial charge in [0, 0.05) is 48.9 Å². The number of aromatic hydroxyl groups is 1. The van der Waals surface area contributed by atoms with Crippen LogP contribution in [0.25, 0.3) is 32.9 Å². The van der Waals surface area contributed by atoms with Crippen molar-refractivity contribution in [1.29, 1.82) is 0 Å². The van der Waals surface area contributed by atoms with E-state index in [9.17, 15) is 9.50 Å². The first-order chi connectivity index (χ1) is 21.4. The Morgan fingerprint density at radius 2 is 1.82 bits per heavy atom. The molecule has 5 heterocycles. The summed E-state index contributed by atoms with van der Waals surface area (Å²) in [4.78, 5) is 18.9. The fraction of sp³-hybridized carbons (Fsp3) is 0.500. The highest BCUT2D eigenvalue weighted by Gasteiger charge is 2.45. The summed E-state index contributed by atoms with van der Waals surface area (Å²) in [5, 5.41) is 15.8. The largest absolute Gasteiger partial charge is 0.508 e. The van der Waals surface area contributed by atoms with Crippen molar-refractivity contribution in [2.45, 2.75) is 64.0 Å². The van der Waals surface area contributed by atoms with Crippen molar-refractivity contribution in [3.8, 4) is 23.0 Å². The summed E-state index contributed by atoms with van der Waals surface area (Å²) in [6.07, 6.45) is 9.82. The third-order valence-corrected chi connectivity index (χ3v) is 10.2. The van der Waals surface area contributed by atoms with Gasteiger partial charge in [0.1, 0.15) is 28.6 Å². The average Bonchev–Trinajstić information content (AvgIpc) is 3.71. The summed E-state index contributed by atoms with van der Waals surface area (Å²) in [6, 6.07) is 6.81. The number of piperidine rings is 1. The van der Waals surface area contributed by atoms with Crippen molar-refractivity contribution in [1.82, 2.24) is 25.2 Å². The van der Waals surface area contributed by atoms with E-state index >= 15 is 4.39 Å². The molecule has 0 unspecified atom stereocenters. The Bertz CT molecular complexity index is 1740. The number of benzene rings is 2. The Morgan fingerprint density at radius 3 is 2.57 bits per heavy atom. The van der Waals surface area contributed by atoms with Gasteiger partial charge in [-0.2, -0.15) is 9.97 Å². The second-order valence-electron chi connectivity index (χ2n) is 13.4. The maximum Gasteiger partial charge on any atom is 0.319 e. The van der Waals surface area contributed by atoms with Crippen molar-refractivity contribution >= 4 is 27.5 Å². The molecular formula is C34H38F2N6O2. The molecule has 4 aliphatic rings. The third kappa shape index (κ3) is 5.01. The number of likely N-dealkylation sites (tertiary alicyclic amines) is 1. The molecule has 2 aromatic heterocycles. The van der Waals surface area contributed by atoms with Gasteiger partial charge in [0.25, 0.3) is 0 Å². The minimum atomic E-state index is -0.640. The Hall–Kier alpha value is -3.63. The second-order valence-corrected chi connectivity index (χ2v) is 13.4. The molecule has 4 aromatic rings. The molecular weight excluding hydrogens is 562 g/mol. The zero-order valence-electron chi connectivity index (χ0n) is 25.1. The number of hydrogen-bond acceptors (Lipinski definition) is 8. The summed E-state index contributed by atoms with van der Waals surface area (Å²) in [6.45, 7) is 6.96. The van der Waals surface area contributed by atoms with Gasteiger partial charge in [0.05, 0.1) is 12.0 Å². The van der Waals surface area contributed by atoms with Gasteiger partial charge in [-0.05, 0) is 93.1 Å². The number of rotatable bonds is 7. The van der Waals surface area contributed by atoms with Crippen molar-refractivity contribution in [3.05, 3.63) is 47.7 Å². The molecule has 2 N–H and O–H groups in total. The number of piperazine rings is 1. The molecule has 0 amide bonds. The SMILES string of the molecule is Cc1c(F)ccc2cc(O)cc(-c3ncc4c(N5C[C@H]6CC[C@@H](C5)N6)nc(OCC5(CN6CCCCC6)CC5)nc4c3F)c12. The number of fused-ring (bicyclic) bond motifs is 4. The van der Waals surface area contributed by atoms with E-state index in [1.165, 1.54) is 31.4 Å². The molecule has 10 heteroatoms. The first kappa shape index (κ1) is 27.9. The molecule has 4 fully saturated rings. The van der Waals surface area contributed by atoms with Crippen LogP contribution < -0.4 is 15.0 Å². The second kappa shape index (κ2) is 10.8. The number of pyridine rings is 1. The van der Waals surface area contributed by atoms with E-state index in [-0.39, 0.29) is 28.4 Å². The lowest BCUT2D eigenvalue weighted by Gasteiger charge is -2.34. The predicted octanol–water partition coefficient (Wildman–Crippen LogP) is 5.72. The number of hydrogen-bond donors (Lipinski definition) is 2. The Balaban J connectivity index is 1.21. The number of phenols is 1. The fourth-order valence-corrected chi connectivity index (χ4v) is 7.61. The van der Waals surface area contributed by atoms with Crippen LogP contribution in [0.4, 0.5) is 14.6 Å². The van der Waals surface area contributed by atoms with Gasteiger partial charge in [0.2, 0.25) is 0 Å². The standard InChI is InChI=1S/C34H38F2N6O2/c1-20-27(35)8-5-21-13-24(43)14-25(28(20)21)30-29(36)31-26(15-37-30)32(42-16-22-6-7-23(17-42)38-22)40-33(39-31)44-19-34(9-10-34)18-41-11-3-2-4-12-41/h5,8,13-15,22-23,38,43H,2-4,6-7,9-12,16-19H2,1H3/t22-,23+. The van der Waals surface area contributed by atoms with Crippen LogP contribution in [0.2, 0.25) is 0 Å². The fourth-order valence-electron chi connectivity index (χ4n) is 7.61. The summed E-state index contributed by atoms with van der Waals surface area (Å²) < 4.78 is 37.7. The molecule has 1 aliphatic carbocycles. The van der Waals surface area contributed by atoms with Crippen LogP contribution >= 0.6 is 0 Å². The highest BCUT2D eigenvalue weighted by Crippen LogP contribution is 2.47. The number of halogens is 2. The van der Waals surface area contributed by atoms with Gasteiger partial charge in [0.15, 0.2) is 5.82 Å². The smallest absolute Gasteiger partial charge is 0.319 e. The van der Waals surface area contributed by atoms with Gasteiger partial charge in [-0.1, -0.05) is 12.5 Å². The van der Waals surface area contributed by atoms with E-state index in [1.54, 1.807) is 25.3 Å². The van der Waals surface area contributed by atoms with Gasteiger partial charge in [-0.25, -0.2) is 8.78 Å². The predicted molar refractivity (Wildman–Crippen MR) is 166 cm³/mol. The number of nitrogens with zero attached hydrogens (tertiary/aromatic N) is 5. The number of aryl methyl sites for hydroxylation is 1. The molecule has 2 bridgehead atoms. The van der Waals surface area contributed by atoms with Crippen LogP contribution in [0.15, 0.2) is 30.5 Å². The molecule has 8 rings (SSSR count). The Labute approximate surface area is 255 Å². The Kier molecular flexibility index (Phi) is 6.82. The summed E-state index contributed by atoms with van der Waals surface area (Å²) in [5.74, 6) is -0.464. The summed E-state index contributed by atoms with van der Waals surface area (Å²) in [5.41, 5.74) is 0.899. The molecule has 230 valence electrons. The maximum absolute atomic E-state index is 16.7. The van der Waals surface area contributed by atoms with Crippen molar-refractivity contribution in [2.24, 2.45) is 5.41 Å². The lowest BCUT2D eigenvalue weighted by atomic mass is 9.96. The van der Waals surface area contributed by atoms with E-state index in [4.69, 9.17) is 9.72 Å². The first-order valence-corrected chi connectivity index (χ1v) is 16.0. The van der Waals surface area contributed by atoms with Crippen LogP contribution in [-0.4, -0.2) is 76.4 Å². The molecule has 3 aliphatic heterocycles. The average molecular weight is 601 g/mol. The highest BCUT2D eigenvalue weighted by molar-refractivity contribution is 6.01. The van der Waals surface area contributed by atoms with E-state index < -0.39 is 11.6 Å². The number of aromatic nitrogens is 3. The first-order valence-electron chi connectivity index (χ1n) is 16.0. The zero-order valence-corrected chi connectivity index (χ0v) is 25.1. The molecule has 8 nitrogen and oxygen atoms in total. The number of nitrogens with one attached hydrogen (secondary N) is 1. The molecule has 0 spiro atoms. The Morgan fingerprint density at radius 1 is 1.05 bits per heavy atom. The lowest BCUT2D eigenvalue weighted by molar-refractivity contribution is 0.139. The van der Waals surface area contributed by atoms with Crippen LogP contribution in [0.1, 0.15) is 50.5 Å². The van der Waals surface area contributed by atoms with Gasteiger partial charge >= 0.3 is 6.01 Å². The molecule has 3 saturated heterocycles. The number of phenolic OH excluding ortho intramolecular Hbond substituents is 1. The van der Waals surface area contributed by atoms with Gasteiger partial charge < -0.3 is 25.0 Å². The van der Waals surface area contributed by atoms with Crippen molar-refractivity contribution in [2.75, 3.05) is 44.2 Å². The molecule has 2 aromatic carbocycles. The quantitative estimate of drug-likeness (QED) is 0.279. The number of ether oxygens (including phenoxy) is 1. The van der Waals surface area contributed by atoms with E-state index in [2.05, 4.69) is 25.1 Å². The third-order valence-electron chi connectivity index (χ3n) is 10.2. The minimum absolute atomic E-state index is 0.00634. The molecule has 2 atom stereocenters. The van der Waals surface area contributed by atoms with Gasteiger partial charge in [-0.15, -0.1) is 0 Å².